The molecule has 3 rings (SSSR count). The number of aliphatic imine (C=N–C) groups is 1. The van der Waals surface area contributed by atoms with Gasteiger partial charge >= 0.3 is 0 Å². The third-order valence-electron chi connectivity index (χ3n) is 3.52. The van der Waals surface area contributed by atoms with Crippen molar-refractivity contribution in [2.24, 2.45) is 4.99 Å². The van der Waals surface area contributed by atoms with Gasteiger partial charge in [-0.1, -0.05) is 6.07 Å². The minimum atomic E-state index is -0.373. The molecule has 1 aliphatic heterocycles. The van der Waals surface area contributed by atoms with Crippen LogP contribution in [0.1, 0.15) is 18.3 Å². The highest BCUT2D eigenvalue weighted by molar-refractivity contribution is 5.84. The quantitative estimate of drug-likeness (QED) is 0.940. The molecule has 0 saturated heterocycles. The van der Waals surface area contributed by atoms with Gasteiger partial charge in [0.05, 0.1) is 12.8 Å². The number of benzene rings is 1. The average molecular weight is 301 g/mol. The number of aromatic nitrogens is 3. The van der Waals surface area contributed by atoms with E-state index in [4.69, 9.17) is 4.74 Å². The first-order valence-corrected chi connectivity index (χ1v) is 6.87. The SMILES string of the molecule is COc1cc(CN2C(c3ncn[nH]3)=CC=NC2C)ccc1F. The molecule has 0 aliphatic carbocycles. The molecule has 7 heteroatoms. The fourth-order valence-corrected chi connectivity index (χ4v) is 2.38. The molecule has 1 N–H and O–H groups in total. The number of H-pyrrole nitrogens is 1. The van der Waals surface area contributed by atoms with Crippen LogP contribution in [0.15, 0.2) is 35.6 Å². The summed E-state index contributed by atoms with van der Waals surface area (Å²) < 4.78 is 18.6. The number of halogens is 1. The Hall–Kier alpha value is -2.70. The molecule has 22 heavy (non-hydrogen) atoms. The number of nitrogens with one attached hydrogen (secondary N) is 1. The van der Waals surface area contributed by atoms with E-state index in [-0.39, 0.29) is 17.7 Å². The van der Waals surface area contributed by atoms with E-state index in [1.807, 2.05) is 13.0 Å². The minimum absolute atomic E-state index is 0.0545. The molecule has 0 spiro atoms. The lowest BCUT2D eigenvalue weighted by atomic mass is 10.1. The number of hydrogen-bond acceptors (Lipinski definition) is 5. The maximum absolute atomic E-state index is 13.5. The third-order valence-corrected chi connectivity index (χ3v) is 3.52. The van der Waals surface area contributed by atoms with Crippen molar-refractivity contribution in [2.75, 3.05) is 7.11 Å². The van der Waals surface area contributed by atoms with Crippen LogP contribution in [0.2, 0.25) is 0 Å². The summed E-state index contributed by atoms with van der Waals surface area (Å²) in [7, 11) is 1.45. The molecule has 2 heterocycles. The zero-order chi connectivity index (χ0) is 15.5. The zero-order valence-corrected chi connectivity index (χ0v) is 12.3. The summed E-state index contributed by atoms with van der Waals surface area (Å²) in [4.78, 5) is 10.6. The summed E-state index contributed by atoms with van der Waals surface area (Å²) in [5.74, 6) is 0.532. The molecule has 1 atom stereocenters. The van der Waals surface area contributed by atoms with Crippen LogP contribution in [0.5, 0.6) is 5.75 Å². The molecule has 1 aromatic carbocycles. The number of ether oxygens (including phenoxy) is 1. The first kappa shape index (κ1) is 14.2. The number of hydrogen-bond donors (Lipinski definition) is 1. The monoisotopic (exact) mass is 301 g/mol. The first-order valence-electron chi connectivity index (χ1n) is 6.87. The van der Waals surface area contributed by atoms with Gasteiger partial charge in [0.1, 0.15) is 12.5 Å². The van der Waals surface area contributed by atoms with Gasteiger partial charge in [0, 0.05) is 12.8 Å². The van der Waals surface area contributed by atoms with Crippen molar-refractivity contribution in [2.45, 2.75) is 19.6 Å². The van der Waals surface area contributed by atoms with Gasteiger partial charge in [0.25, 0.3) is 0 Å². The lowest BCUT2D eigenvalue weighted by molar-refractivity contribution is 0.307. The van der Waals surface area contributed by atoms with E-state index in [0.29, 0.717) is 12.4 Å². The second-order valence-corrected chi connectivity index (χ2v) is 4.91. The largest absolute Gasteiger partial charge is 0.494 e. The number of rotatable bonds is 4. The van der Waals surface area contributed by atoms with Gasteiger partial charge in [-0.05, 0) is 30.7 Å². The van der Waals surface area contributed by atoms with E-state index in [1.54, 1.807) is 18.3 Å². The summed E-state index contributed by atoms with van der Waals surface area (Å²) in [5.41, 5.74) is 1.82. The van der Waals surface area contributed by atoms with E-state index in [2.05, 4.69) is 25.1 Å². The number of nitrogens with zero attached hydrogens (tertiary/aromatic N) is 4. The van der Waals surface area contributed by atoms with Crippen molar-refractivity contribution in [1.29, 1.82) is 0 Å². The Kier molecular flexibility index (Phi) is 3.86. The Balaban J connectivity index is 1.89. The molecule has 6 nitrogen and oxygen atoms in total. The first-order chi connectivity index (χ1) is 10.7. The molecule has 1 unspecified atom stereocenters. The van der Waals surface area contributed by atoms with Gasteiger partial charge in [0.2, 0.25) is 0 Å². The third kappa shape index (κ3) is 2.69. The fraction of sp³-hybridized carbons (Fsp3) is 0.267. The Labute approximate surface area is 127 Å². The second-order valence-electron chi connectivity index (χ2n) is 4.91. The molecule has 0 fully saturated rings. The van der Waals surface area contributed by atoms with Crippen LogP contribution in [0, 0.1) is 5.82 Å². The summed E-state index contributed by atoms with van der Waals surface area (Å²) in [6.07, 6.45) is 5.04. The highest BCUT2D eigenvalue weighted by Gasteiger charge is 2.22. The van der Waals surface area contributed by atoms with Crippen molar-refractivity contribution in [3.05, 3.63) is 47.8 Å². The van der Waals surface area contributed by atoms with Crippen LogP contribution in [-0.4, -0.2) is 39.6 Å². The van der Waals surface area contributed by atoms with Gasteiger partial charge in [-0.15, -0.1) is 0 Å². The molecule has 1 aliphatic rings. The summed E-state index contributed by atoms with van der Waals surface area (Å²) >= 11 is 0. The maximum Gasteiger partial charge on any atom is 0.171 e. The Morgan fingerprint density at radius 3 is 3.00 bits per heavy atom. The van der Waals surface area contributed by atoms with Crippen LogP contribution in [0.3, 0.4) is 0 Å². The molecule has 0 amide bonds. The lowest BCUT2D eigenvalue weighted by Crippen LogP contribution is -2.32. The second kappa shape index (κ2) is 5.97. The predicted octanol–water partition coefficient (Wildman–Crippen LogP) is 2.23. The van der Waals surface area contributed by atoms with Crippen LogP contribution >= 0.6 is 0 Å². The van der Waals surface area contributed by atoms with Crippen LogP contribution in [0.4, 0.5) is 4.39 Å². The molecule has 0 radical (unpaired) electrons. The highest BCUT2D eigenvalue weighted by Crippen LogP contribution is 2.26. The van der Waals surface area contributed by atoms with E-state index >= 15 is 0 Å². The van der Waals surface area contributed by atoms with Gasteiger partial charge in [-0.2, -0.15) is 5.10 Å². The highest BCUT2D eigenvalue weighted by atomic mass is 19.1. The van der Waals surface area contributed by atoms with Gasteiger partial charge in [-0.3, -0.25) is 10.1 Å². The van der Waals surface area contributed by atoms with Gasteiger partial charge in [-0.25, -0.2) is 9.37 Å². The Bertz CT molecular complexity index is 711. The molecule has 0 saturated carbocycles. The molecular weight excluding hydrogens is 285 g/mol. The normalized spacial score (nSPS) is 17.5. The summed E-state index contributed by atoms with van der Waals surface area (Å²) in [5, 5.41) is 6.74. The summed E-state index contributed by atoms with van der Waals surface area (Å²) in [6, 6.07) is 4.84. The van der Waals surface area contributed by atoms with Crippen molar-refractivity contribution in [3.8, 4) is 5.75 Å². The van der Waals surface area contributed by atoms with E-state index in [1.165, 1.54) is 19.5 Å². The molecule has 1 aromatic heterocycles. The predicted molar refractivity (Wildman–Crippen MR) is 80.8 cm³/mol. The molecule has 2 aromatic rings. The van der Waals surface area contributed by atoms with Crippen LogP contribution < -0.4 is 4.74 Å². The van der Waals surface area contributed by atoms with E-state index in [0.717, 1.165) is 11.3 Å². The molecular formula is C15H16FN5O. The van der Waals surface area contributed by atoms with Crippen LogP contribution in [-0.2, 0) is 6.54 Å². The number of methoxy groups -OCH3 is 1. The van der Waals surface area contributed by atoms with E-state index < -0.39 is 0 Å². The summed E-state index contributed by atoms with van der Waals surface area (Å²) in [6.45, 7) is 2.54. The Morgan fingerprint density at radius 1 is 1.41 bits per heavy atom. The standard InChI is InChI=1S/C15H16FN5O/c1-10-17-6-5-13(15-18-9-19-20-15)21(10)8-11-3-4-12(16)14(7-11)22-2/h3-7,9-10H,8H2,1-2H3,(H,18,19,20). The topological polar surface area (TPSA) is 66.4 Å². The average Bonchev–Trinajstić information content (AvgIpc) is 3.05. The lowest BCUT2D eigenvalue weighted by Gasteiger charge is -2.32. The van der Waals surface area contributed by atoms with Crippen molar-refractivity contribution >= 4 is 11.9 Å². The minimum Gasteiger partial charge on any atom is -0.494 e. The van der Waals surface area contributed by atoms with Crippen LogP contribution in [0.25, 0.3) is 5.70 Å². The smallest absolute Gasteiger partial charge is 0.171 e. The molecule has 0 bridgehead atoms. The van der Waals surface area contributed by atoms with E-state index in [9.17, 15) is 4.39 Å². The van der Waals surface area contributed by atoms with Gasteiger partial charge in [0.15, 0.2) is 17.4 Å². The van der Waals surface area contributed by atoms with Gasteiger partial charge < -0.3 is 9.64 Å². The van der Waals surface area contributed by atoms with Crippen molar-refractivity contribution in [1.82, 2.24) is 20.1 Å². The van der Waals surface area contributed by atoms with Crippen molar-refractivity contribution < 1.29 is 9.13 Å². The maximum atomic E-state index is 13.5. The molecule has 114 valence electrons. The zero-order valence-electron chi connectivity index (χ0n) is 12.3. The number of aromatic amines is 1. The fourth-order valence-electron chi connectivity index (χ4n) is 2.38. The van der Waals surface area contributed by atoms with Crippen molar-refractivity contribution in [3.63, 3.8) is 0 Å². The number of allylic oxidation sites excluding steroid dienone is 1. The Morgan fingerprint density at radius 2 is 2.27 bits per heavy atom.